The van der Waals surface area contributed by atoms with Gasteiger partial charge in [0.1, 0.15) is 11.5 Å². The molecule has 0 aromatic heterocycles. The van der Waals surface area contributed by atoms with Gasteiger partial charge in [-0.25, -0.2) is 0 Å². The maximum absolute atomic E-state index is 12.6. The molecule has 1 N–H and O–H groups in total. The van der Waals surface area contributed by atoms with Crippen molar-refractivity contribution in [3.63, 3.8) is 0 Å². The van der Waals surface area contributed by atoms with Gasteiger partial charge >= 0.3 is 0 Å². The minimum Gasteiger partial charge on any atom is -0.497 e. The van der Waals surface area contributed by atoms with Crippen molar-refractivity contribution in [3.05, 3.63) is 59.7 Å². The second kappa shape index (κ2) is 10.4. The number of piperidine rings is 1. The summed E-state index contributed by atoms with van der Waals surface area (Å²) in [7, 11) is 3.23. The van der Waals surface area contributed by atoms with Gasteiger partial charge in [-0.2, -0.15) is 0 Å². The standard InChI is InChI=1S/C26H34N2O4/c1-30-22-8-9-24(31-2)21(16-22)17-25(29)27-18-23-10-11-26(32-23)12-14-28(15-13-26)19-20-6-4-3-5-7-20/h3-9,16,23H,10-15,17-19H2,1-2H3,(H,27,29)/t23-/m0/s1. The summed E-state index contributed by atoms with van der Waals surface area (Å²) in [5.74, 6) is 1.38. The van der Waals surface area contributed by atoms with Crippen molar-refractivity contribution < 1.29 is 19.0 Å². The molecule has 172 valence electrons. The Morgan fingerprint density at radius 3 is 2.59 bits per heavy atom. The van der Waals surface area contributed by atoms with Crippen molar-refractivity contribution in [3.8, 4) is 11.5 Å². The van der Waals surface area contributed by atoms with Crippen molar-refractivity contribution >= 4 is 5.91 Å². The van der Waals surface area contributed by atoms with Crippen LogP contribution in [-0.2, 0) is 22.5 Å². The lowest BCUT2D eigenvalue weighted by Gasteiger charge is -2.39. The van der Waals surface area contributed by atoms with Crippen LogP contribution in [0.2, 0.25) is 0 Å². The topological polar surface area (TPSA) is 60.0 Å². The molecule has 0 unspecified atom stereocenters. The predicted molar refractivity (Wildman–Crippen MR) is 124 cm³/mol. The molecule has 2 saturated heterocycles. The van der Waals surface area contributed by atoms with Crippen LogP contribution in [0.5, 0.6) is 11.5 Å². The summed E-state index contributed by atoms with van der Waals surface area (Å²) in [6.45, 7) is 3.68. The van der Waals surface area contributed by atoms with Gasteiger partial charge in [-0.05, 0) is 49.4 Å². The van der Waals surface area contributed by atoms with Crippen molar-refractivity contribution in [2.45, 2.75) is 50.4 Å². The van der Waals surface area contributed by atoms with E-state index in [9.17, 15) is 4.79 Å². The lowest BCUT2D eigenvalue weighted by molar-refractivity contribution is -0.122. The molecule has 1 spiro atoms. The van der Waals surface area contributed by atoms with Crippen molar-refractivity contribution in [1.82, 2.24) is 10.2 Å². The van der Waals surface area contributed by atoms with Gasteiger partial charge in [-0.1, -0.05) is 30.3 Å². The van der Waals surface area contributed by atoms with Crippen molar-refractivity contribution in [2.24, 2.45) is 0 Å². The minimum atomic E-state index is -0.0289. The molecule has 0 aliphatic carbocycles. The molecule has 2 fully saturated rings. The third-order valence-electron chi connectivity index (χ3n) is 6.72. The lowest BCUT2D eigenvalue weighted by Crippen LogP contribution is -2.44. The fourth-order valence-corrected chi connectivity index (χ4v) is 4.85. The number of hydrogen-bond acceptors (Lipinski definition) is 5. The smallest absolute Gasteiger partial charge is 0.224 e. The molecule has 2 heterocycles. The molecule has 2 aromatic carbocycles. The highest BCUT2D eigenvalue weighted by molar-refractivity contribution is 5.79. The number of rotatable bonds is 8. The second-order valence-electron chi connectivity index (χ2n) is 8.88. The number of carbonyl (C=O) groups is 1. The third-order valence-corrected chi connectivity index (χ3v) is 6.72. The maximum Gasteiger partial charge on any atom is 0.224 e. The normalized spacial score (nSPS) is 20.2. The van der Waals surface area contributed by atoms with Crippen LogP contribution in [0.25, 0.3) is 0 Å². The summed E-state index contributed by atoms with van der Waals surface area (Å²) in [4.78, 5) is 15.1. The number of amides is 1. The quantitative estimate of drug-likeness (QED) is 0.683. The van der Waals surface area contributed by atoms with Crippen molar-refractivity contribution in [2.75, 3.05) is 33.9 Å². The fourth-order valence-electron chi connectivity index (χ4n) is 4.85. The highest BCUT2D eigenvalue weighted by atomic mass is 16.5. The second-order valence-corrected chi connectivity index (χ2v) is 8.88. The average molecular weight is 439 g/mol. The summed E-state index contributed by atoms with van der Waals surface area (Å²) < 4.78 is 17.1. The first-order chi connectivity index (χ1) is 15.6. The Hall–Kier alpha value is -2.57. The maximum atomic E-state index is 12.6. The van der Waals surface area contributed by atoms with Crippen LogP contribution < -0.4 is 14.8 Å². The first kappa shape index (κ1) is 22.6. The predicted octanol–water partition coefficient (Wildman–Crippen LogP) is 3.58. The van der Waals surface area contributed by atoms with Gasteiger partial charge in [-0.15, -0.1) is 0 Å². The van der Waals surface area contributed by atoms with Crippen LogP contribution in [0.3, 0.4) is 0 Å². The molecule has 0 bridgehead atoms. The number of nitrogens with one attached hydrogen (secondary N) is 1. The van der Waals surface area contributed by atoms with Gasteiger partial charge in [0.2, 0.25) is 5.91 Å². The third kappa shape index (κ3) is 5.61. The zero-order chi connectivity index (χ0) is 22.4. The summed E-state index contributed by atoms with van der Waals surface area (Å²) in [6, 6.07) is 16.2. The van der Waals surface area contributed by atoms with E-state index in [2.05, 4.69) is 40.5 Å². The molecule has 4 rings (SSSR count). The first-order valence-electron chi connectivity index (χ1n) is 11.5. The molecule has 2 aliphatic heterocycles. The molecule has 6 heteroatoms. The SMILES string of the molecule is COc1ccc(OC)c(CC(=O)NC[C@@H]2CCC3(CCN(Cc4ccccc4)CC3)O2)c1. The monoisotopic (exact) mass is 438 g/mol. The molecule has 1 amide bonds. The molecule has 6 nitrogen and oxygen atoms in total. The number of ether oxygens (including phenoxy) is 3. The van der Waals surface area contributed by atoms with E-state index >= 15 is 0 Å². The summed E-state index contributed by atoms with van der Waals surface area (Å²) in [6.07, 6.45) is 4.55. The Morgan fingerprint density at radius 1 is 1.09 bits per heavy atom. The van der Waals surface area contributed by atoms with Gasteiger partial charge in [-0.3, -0.25) is 9.69 Å². The van der Waals surface area contributed by atoms with Crippen LogP contribution in [0, 0.1) is 0 Å². The highest BCUT2D eigenvalue weighted by Crippen LogP contribution is 2.39. The Morgan fingerprint density at radius 2 is 1.88 bits per heavy atom. The van der Waals surface area contributed by atoms with E-state index in [1.807, 2.05) is 18.2 Å². The molecule has 0 saturated carbocycles. The Labute approximate surface area is 190 Å². The number of hydrogen-bond donors (Lipinski definition) is 1. The molecular formula is C26H34N2O4. The van der Waals surface area contributed by atoms with Gasteiger partial charge in [0, 0.05) is 31.7 Å². The van der Waals surface area contributed by atoms with Gasteiger partial charge in [0.25, 0.3) is 0 Å². The largest absolute Gasteiger partial charge is 0.497 e. The average Bonchev–Trinajstić information content (AvgIpc) is 3.22. The Kier molecular flexibility index (Phi) is 7.33. The van der Waals surface area contributed by atoms with Gasteiger partial charge in [0.15, 0.2) is 0 Å². The Bertz CT molecular complexity index is 894. The van der Waals surface area contributed by atoms with Gasteiger partial charge < -0.3 is 19.5 Å². The van der Waals surface area contributed by atoms with E-state index < -0.39 is 0 Å². The molecule has 32 heavy (non-hydrogen) atoms. The first-order valence-corrected chi connectivity index (χ1v) is 11.5. The molecule has 1 atom stereocenters. The number of methoxy groups -OCH3 is 2. The van der Waals surface area contributed by atoms with E-state index in [4.69, 9.17) is 14.2 Å². The van der Waals surface area contributed by atoms with Crippen LogP contribution in [0.1, 0.15) is 36.8 Å². The highest BCUT2D eigenvalue weighted by Gasteiger charge is 2.42. The number of nitrogens with zero attached hydrogens (tertiary/aromatic N) is 1. The van der Waals surface area contributed by atoms with E-state index in [-0.39, 0.29) is 24.0 Å². The zero-order valence-corrected chi connectivity index (χ0v) is 19.1. The van der Waals surface area contributed by atoms with Crippen LogP contribution in [0.4, 0.5) is 0 Å². The molecule has 0 radical (unpaired) electrons. The fraction of sp³-hybridized carbons (Fsp3) is 0.500. The van der Waals surface area contributed by atoms with E-state index in [1.165, 1.54) is 5.56 Å². The van der Waals surface area contributed by atoms with E-state index in [0.717, 1.165) is 50.9 Å². The van der Waals surface area contributed by atoms with Crippen LogP contribution in [0.15, 0.2) is 48.5 Å². The number of likely N-dealkylation sites (tertiary alicyclic amines) is 1. The van der Waals surface area contributed by atoms with E-state index in [1.54, 1.807) is 14.2 Å². The molecule has 2 aliphatic rings. The van der Waals surface area contributed by atoms with Gasteiger partial charge in [0.05, 0.1) is 32.3 Å². The molecule has 2 aromatic rings. The summed E-state index contributed by atoms with van der Waals surface area (Å²) in [5, 5.41) is 3.05. The summed E-state index contributed by atoms with van der Waals surface area (Å²) in [5.41, 5.74) is 2.17. The number of benzene rings is 2. The van der Waals surface area contributed by atoms with Crippen LogP contribution >= 0.6 is 0 Å². The van der Waals surface area contributed by atoms with E-state index in [0.29, 0.717) is 18.0 Å². The Balaban J connectivity index is 1.22. The number of carbonyl (C=O) groups excluding carboxylic acids is 1. The van der Waals surface area contributed by atoms with Crippen molar-refractivity contribution in [1.29, 1.82) is 0 Å². The van der Waals surface area contributed by atoms with Crippen LogP contribution in [-0.4, -0.2) is 56.4 Å². The lowest BCUT2D eigenvalue weighted by atomic mass is 9.88. The minimum absolute atomic E-state index is 0.0153. The molecular weight excluding hydrogens is 404 g/mol. The summed E-state index contributed by atoms with van der Waals surface area (Å²) >= 11 is 0. The zero-order valence-electron chi connectivity index (χ0n) is 19.1.